The third-order valence-corrected chi connectivity index (χ3v) is 4.64. The Hall–Kier alpha value is -0.780. The van der Waals surface area contributed by atoms with Gasteiger partial charge in [0.25, 0.3) is 0 Å². The molecule has 0 atom stereocenters. The first-order valence-electron chi connectivity index (χ1n) is 7.68. The summed E-state index contributed by atoms with van der Waals surface area (Å²) in [6.07, 6.45) is 8.56. The second-order valence-electron chi connectivity index (χ2n) is 6.49. The maximum absolute atomic E-state index is 2.47. The molecule has 0 amide bonds. The molecule has 0 aromatic heterocycles. The van der Waals surface area contributed by atoms with Crippen LogP contribution in [0.5, 0.6) is 0 Å². The van der Waals surface area contributed by atoms with Crippen LogP contribution in [-0.4, -0.2) is 0 Å². The molecular formula is C18H28. The van der Waals surface area contributed by atoms with Gasteiger partial charge in [-0.05, 0) is 54.4 Å². The molecule has 2 rings (SSSR count). The second-order valence-corrected chi connectivity index (χ2v) is 6.49. The molecule has 0 nitrogen and oxygen atoms in total. The van der Waals surface area contributed by atoms with Crippen molar-refractivity contribution in [3.05, 3.63) is 34.4 Å². The van der Waals surface area contributed by atoms with E-state index in [1.165, 1.54) is 49.7 Å². The highest BCUT2D eigenvalue weighted by molar-refractivity contribution is 5.39. The summed E-state index contributed by atoms with van der Waals surface area (Å²) < 4.78 is 0. The number of rotatable bonds is 3. The first-order chi connectivity index (χ1) is 8.58. The second kappa shape index (κ2) is 5.91. The average Bonchev–Trinajstić information content (AvgIpc) is 2.34. The molecule has 1 fully saturated rings. The van der Waals surface area contributed by atoms with E-state index >= 15 is 0 Å². The molecule has 0 unspecified atom stereocenters. The summed E-state index contributed by atoms with van der Waals surface area (Å²) in [5, 5.41) is 0. The summed E-state index contributed by atoms with van der Waals surface area (Å²) in [5.41, 5.74) is 6.11. The Labute approximate surface area is 113 Å². The zero-order chi connectivity index (χ0) is 13.1. The summed E-state index contributed by atoms with van der Waals surface area (Å²) in [5.74, 6) is 1.59. The van der Waals surface area contributed by atoms with E-state index in [-0.39, 0.29) is 0 Å². The van der Waals surface area contributed by atoms with Crippen molar-refractivity contribution >= 4 is 0 Å². The van der Waals surface area contributed by atoms with Crippen LogP contribution in [0.2, 0.25) is 0 Å². The molecule has 1 aliphatic rings. The van der Waals surface area contributed by atoms with Gasteiger partial charge in [0.05, 0.1) is 0 Å². The molecule has 0 heteroatoms. The standard InChI is InChI=1S/C18H28/c1-13(2)18-12-17(10-14(3)15(18)4)11-16-8-6-5-7-9-16/h10,12-13,16H,5-9,11H2,1-4H3. The van der Waals surface area contributed by atoms with E-state index in [1.54, 1.807) is 11.1 Å². The monoisotopic (exact) mass is 244 g/mol. The fraction of sp³-hybridized carbons (Fsp3) is 0.667. The normalized spacial score (nSPS) is 17.4. The van der Waals surface area contributed by atoms with Crippen LogP contribution in [0.15, 0.2) is 12.1 Å². The van der Waals surface area contributed by atoms with Crippen LogP contribution in [0.25, 0.3) is 0 Å². The van der Waals surface area contributed by atoms with E-state index in [4.69, 9.17) is 0 Å². The number of aryl methyl sites for hydroxylation is 1. The van der Waals surface area contributed by atoms with Crippen molar-refractivity contribution in [2.45, 2.75) is 72.1 Å². The summed E-state index contributed by atoms with van der Waals surface area (Å²) in [6.45, 7) is 9.17. The van der Waals surface area contributed by atoms with Crippen LogP contribution in [0.3, 0.4) is 0 Å². The highest BCUT2D eigenvalue weighted by Crippen LogP contribution is 2.29. The van der Waals surface area contributed by atoms with Gasteiger partial charge >= 0.3 is 0 Å². The first-order valence-corrected chi connectivity index (χ1v) is 7.68. The molecule has 1 aromatic rings. The van der Waals surface area contributed by atoms with Gasteiger partial charge in [-0.25, -0.2) is 0 Å². The minimum Gasteiger partial charge on any atom is -0.0587 e. The van der Waals surface area contributed by atoms with Gasteiger partial charge in [-0.2, -0.15) is 0 Å². The molecule has 0 saturated heterocycles. The first kappa shape index (κ1) is 13.6. The topological polar surface area (TPSA) is 0 Å². The molecule has 0 heterocycles. The predicted octanol–water partition coefficient (Wildman–Crippen LogP) is 5.55. The van der Waals surface area contributed by atoms with E-state index < -0.39 is 0 Å². The number of benzene rings is 1. The predicted molar refractivity (Wildman–Crippen MR) is 80.3 cm³/mol. The van der Waals surface area contributed by atoms with Gasteiger partial charge < -0.3 is 0 Å². The Bertz CT molecular complexity index is 395. The van der Waals surface area contributed by atoms with Gasteiger partial charge in [-0.15, -0.1) is 0 Å². The van der Waals surface area contributed by atoms with Crippen molar-refractivity contribution in [2.24, 2.45) is 5.92 Å². The van der Waals surface area contributed by atoms with Crippen LogP contribution in [0, 0.1) is 19.8 Å². The lowest BCUT2D eigenvalue weighted by atomic mass is 9.83. The fourth-order valence-electron chi connectivity index (χ4n) is 3.41. The van der Waals surface area contributed by atoms with Crippen molar-refractivity contribution in [3.63, 3.8) is 0 Å². The van der Waals surface area contributed by atoms with Crippen molar-refractivity contribution in [3.8, 4) is 0 Å². The van der Waals surface area contributed by atoms with E-state index in [1.807, 2.05) is 0 Å². The molecule has 0 radical (unpaired) electrons. The summed E-state index contributed by atoms with van der Waals surface area (Å²) in [7, 11) is 0. The molecule has 100 valence electrons. The Morgan fingerprint density at radius 3 is 2.33 bits per heavy atom. The molecule has 1 saturated carbocycles. The summed E-state index contributed by atoms with van der Waals surface area (Å²) in [6, 6.07) is 4.90. The third-order valence-electron chi connectivity index (χ3n) is 4.64. The van der Waals surface area contributed by atoms with Crippen molar-refractivity contribution in [1.82, 2.24) is 0 Å². The van der Waals surface area contributed by atoms with E-state index in [0.29, 0.717) is 5.92 Å². The molecule has 18 heavy (non-hydrogen) atoms. The van der Waals surface area contributed by atoms with Crippen molar-refractivity contribution < 1.29 is 0 Å². The maximum atomic E-state index is 2.47. The average molecular weight is 244 g/mol. The highest BCUT2D eigenvalue weighted by Gasteiger charge is 2.15. The fourth-order valence-corrected chi connectivity index (χ4v) is 3.41. The zero-order valence-corrected chi connectivity index (χ0v) is 12.6. The lowest BCUT2D eigenvalue weighted by molar-refractivity contribution is 0.356. The van der Waals surface area contributed by atoms with E-state index in [9.17, 15) is 0 Å². The zero-order valence-electron chi connectivity index (χ0n) is 12.6. The Balaban J connectivity index is 2.17. The minimum atomic E-state index is 0.648. The molecular weight excluding hydrogens is 216 g/mol. The summed E-state index contributed by atoms with van der Waals surface area (Å²) in [4.78, 5) is 0. The number of hydrogen-bond acceptors (Lipinski definition) is 0. The molecule has 1 aromatic carbocycles. The van der Waals surface area contributed by atoms with Gasteiger partial charge in [0.2, 0.25) is 0 Å². The van der Waals surface area contributed by atoms with Gasteiger partial charge in [-0.3, -0.25) is 0 Å². The van der Waals surface area contributed by atoms with Gasteiger partial charge in [0, 0.05) is 0 Å². The SMILES string of the molecule is Cc1cc(CC2CCCCC2)cc(C(C)C)c1C. The summed E-state index contributed by atoms with van der Waals surface area (Å²) >= 11 is 0. The van der Waals surface area contributed by atoms with Crippen LogP contribution in [0.4, 0.5) is 0 Å². The maximum Gasteiger partial charge on any atom is -0.0216 e. The lowest BCUT2D eigenvalue weighted by Gasteiger charge is -2.23. The molecule has 0 N–H and O–H groups in total. The molecule has 0 spiro atoms. The molecule has 1 aliphatic carbocycles. The van der Waals surface area contributed by atoms with Crippen LogP contribution < -0.4 is 0 Å². The smallest absolute Gasteiger partial charge is 0.0216 e. The quantitative estimate of drug-likeness (QED) is 0.654. The van der Waals surface area contributed by atoms with Gasteiger partial charge in [0.1, 0.15) is 0 Å². The van der Waals surface area contributed by atoms with E-state index in [0.717, 1.165) is 5.92 Å². The number of hydrogen-bond donors (Lipinski definition) is 0. The lowest BCUT2D eigenvalue weighted by Crippen LogP contribution is -2.10. The van der Waals surface area contributed by atoms with Crippen molar-refractivity contribution in [2.75, 3.05) is 0 Å². The van der Waals surface area contributed by atoms with Crippen LogP contribution in [0.1, 0.15) is 74.1 Å². The Morgan fingerprint density at radius 1 is 1.06 bits per heavy atom. The van der Waals surface area contributed by atoms with Gasteiger partial charge in [-0.1, -0.05) is 58.1 Å². The van der Waals surface area contributed by atoms with Gasteiger partial charge in [0.15, 0.2) is 0 Å². The largest absolute Gasteiger partial charge is 0.0587 e. The van der Waals surface area contributed by atoms with E-state index in [2.05, 4.69) is 39.8 Å². The minimum absolute atomic E-state index is 0.648. The highest BCUT2D eigenvalue weighted by atomic mass is 14.2. The van der Waals surface area contributed by atoms with Crippen LogP contribution in [-0.2, 0) is 6.42 Å². The Kier molecular flexibility index (Phi) is 4.48. The van der Waals surface area contributed by atoms with Crippen molar-refractivity contribution in [1.29, 1.82) is 0 Å². The third kappa shape index (κ3) is 3.16. The Morgan fingerprint density at radius 2 is 1.72 bits per heavy atom. The van der Waals surface area contributed by atoms with Crippen LogP contribution >= 0.6 is 0 Å². The molecule has 0 bridgehead atoms. The molecule has 0 aliphatic heterocycles.